The maximum Gasteiger partial charge on any atom is 0.317 e. The standard InChI is InChI=1S/C17H22N4O/c1-20-12-10-18-16(20)15-8-11-21(13-15)17(22)19-9-7-14-5-3-2-4-6-14/h2-6,10,12,15H,7-9,11,13H2,1H3,(H,19,22). The average molecular weight is 298 g/mol. The maximum atomic E-state index is 12.2. The Bertz CT molecular complexity index is 623. The molecular weight excluding hydrogens is 276 g/mol. The van der Waals surface area contributed by atoms with Crippen molar-refractivity contribution in [1.29, 1.82) is 0 Å². The van der Waals surface area contributed by atoms with E-state index in [2.05, 4.69) is 22.4 Å². The second-order valence-electron chi connectivity index (χ2n) is 5.80. The van der Waals surface area contributed by atoms with Crippen LogP contribution in [0, 0.1) is 0 Å². The topological polar surface area (TPSA) is 50.2 Å². The van der Waals surface area contributed by atoms with Gasteiger partial charge < -0.3 is 14.8 Å². The fourth-order valence-electron chi connectivity index (χ4n) is 3.00. The molecule has 1 fully saturated rings. The number of urea groups is 1. The van der Waals surface area contributed by atoms with Gasteiger partial charge in [-0.2, -0.15) is 0 Å². The molecule has 0 radical (unpaired) electrons. The van der Waals surface area contributed by atoms with Gasteiger partial charge in [0.15, 0.2) is 0 Å². The van der Waals surface area contributed by atoms with Gasteiger partial charge in [0, 0.05) is 45.0 Å². The SMILES string of the molecule is Cn1ccnc1C1CCN(C(=O)NCCc2ccccc2)C1. The molecule has 0 saturated carbocycles. The smallest absolute Gasteiger partial charge is 0.317 e. The Morgan fingerprint density at radius 1 is 1.36 bits per heavy atom. The highest BCUT2D eigenvalue weighted by atomic mass is 16.2. The first-order valence-electron chi connectivity index (χ1n) is 7.78. The summed E-state index contributed by atoms with van der Waals surface area (Å²) in [6.45, 7) is 2.23. The number of carbonyl (C=O) groups excluding carboxylic acids is 1. The van der Waals surface area contributed by atoms with E-state index < -0.39 is 0 Å². The number of nitrogens with one attached hydrogen (secondary N) is 1. The van der Waals surface area contributed by atoms with Crippen LogP contribution < -0.4 is 5.32 Å². The zero-order valence-corrected chi connectivity index (χ0v) is 12.9. The third-order valence-corrected chi connectivity index (χ3v) is 4.23. The molecule has 1 unspecified atom stereocenters. The molecule has 1 atom stereocenters. The Balaban J connectivity index is 1.46. The zero-order chi connectivity index (χ0) is 15.4. The minimum atomic E-state index is 0.0349. The zero-order valence-electron chi connectivity index (χ0n) is 12.9. The molecule has 1 saturated heterocycles. The number of amides is 2. The van der Waals surface area contributed by atoms with Gasteiger partial charge in [0.1, 0.15) is 5.82 Å². The summed E-state index contributed by atoms with van der Waals surface area (Å²) in [5.74, 6) is 1.42. The van der Waals surface area contributed by atoms with E-state index in [1.54, 1.807) is 0 Å². The second kappa shape index (κ2) is 6.64. The van der Waals surface area contributed by atoms with E-state index >= 15 is 0 Å². The van der Waals surface area contributed by atoms with Gasteiger partial charge in [0.05, 0.1) is 0 Å². The third-order valence-electron chi connectivity index (χ3n) is 4.23. The van der Waals surface area contributed by atoms with Crippen molar-refractivity contribution in [2.45, 2.75) is 18.8 Å². The highest BCUT2D eigenvalue weighted by molar-refractivity contribution is 5.74. The fourth-order valence-corrected chi connectivity index (χ4v) is 3.00. The third kappa shape index (κ3) is 3.30. The number of aryl methyl sites for hydroxylation is 1. The number of likely N-dealkylation sites (tertiary alicyclic amines) is 1. The molecule has 0 bridgehead atoms. The van der Waals surface area contributed by atoms with Gasteiger partial charge in [0.25, 0.3) is 0 Å². The quantitative estimate of drug-likeness (QED) is 0.940. The number of carbonyl (C=O) groups is 1. The molecule has 2 amide bonds. The van der Waals surface area contributed by atoms with Gasteiger partial charge in [0.2, 0.25) is 0 Å². The first-order chi connectivity index (χ1) is 10.7. The fraction of sp³-hybridized carbons (Fsp3) is 0.412. The molecule has 5 nitrogen and oxygen atoms in total. The molecule has 22 heavy (non-hydrogen) atoms. The van der Waals surface area contributed by atoms with E-state index in [1.807, 2.05) is 47.1 Å². The largest absolute Gasteiger partial charge is 0.338 e. The van der Waals surface area contributed by atoms with Crippen molar-refractivity contribution < 1.29 is 4.79 Å². The lowest BCUT2D eigenvalue weighted by Crippen LogP contribution is -2.39. The second-order valence-corrected chi connectivity index (χ2v) is 5.80. The predicted molar refractivity (Wildman–Crippen MR) is 85.7 cm³/mol. The number of nitrogens with zero attached hydrogens (tertiary/aromatic N) is 3. The van der Waals surface area contributed by atoms with Gasteiger partial charge in [-0.1, -0.05) is 30.3 Å². The van der Waals surface area contributed by atoms with E-state index in [-0.39, 0.29) is 6.03 Å². The molecule has 5 heteroatoms. The number of rotatable bonds is 4. The number of benzene rings is 1. The Morgan fingerprint density at radius 3 is 2.91 bits per heavy atom. The number of hydrogen-bond acceptors (Lipinski definition) is 2. The van der Waals surface area contributed by atoms with Crippen molar-refractivity contribution in [3.63, 3.8) is 0 Å². The van der Waals surface area contributed by atoms with Crippen LogP contribution in [0.4, 0.5) is 4.79 Å². The first kappa shape index (κ1) is 14.6. The van der Waals surface area contributed by atoms with Crippen molar-refractivity contribution in [3.8, 4) is 0 Å². The highest BCUT2D eigenvalue weighted by Gasteiger charge is 2.29. The number of aromatic nitrogens is 2. The molecule has 1 aromatic carbocycles. The van der Waals surface area contributed by atoms with E-state index in [4.69, 9.17) is 0 Å². The molecule has 1 aromatic heterocycles. The summed E-state index contributed by atoms with van der Waals surface area (Å²) in [6.07, 6.45) is 5.62. The van der Waals surface area contributed by atoms with E-state index in [0.717, 1.165) is 31.8 Å². The molecular formula is C17H22N4O. The molecule has 1 N–H and O–H groups in total. The van der Waals surface area contributed by atoms with Crippen LogP contribution in [-0.2, 0) is 13.5 Å². The Labute approximate surface area is 131 Å². The van der Waals surface area contributed by atoms with Crippen molar-refractivity contribution >= 4 is 6.03 Å². The summed E-state index contributed by atoms with van der Waals surface area (Å²) in [5.41, 5.74) is 1.25. The van der Waals surface area contributed by atoms with Crippen LogP contribution in [0.1, 0.15) is 23.7 Å². The van der Waals surface area contributed by atoms with Gasteiger partial charge in [-0.05, 0) is 18.4 Å². The minimum Gasteiger partial charge on any atom is -0.338 e. The summed E-state index contributed by atoms with van der Waals surface area (Å²) in [4.78, 5) is 18.5. The normalized spacial score (nSPS) is 17.7. The Morgan fingerprint density at radius 2 is 2.18 bits per heavy atom. The average Bonchev–Trinajstić information content (AvgIpc) is 3.17. The number of imidazole rings is 1. The van der Waals surface area contributed by atoms with Crippen molar-refractivity contribution in [1.82, 2.24) is 19.8 Å². The molecule has 116 valence electrons. The summed E-state index contributed by atoms with van der Waals surface area (Å²) in [7, 11) is 2.00. The van der Waals surface area contributed by atoms with Crippen LogP contribution in [0.25, 0.3) is 0 Å². The summed E-state index contributed by atoms with van der Waals surface area (Å²) >= 11 is 0. The molecule has 2 aromatic rings. The van der Waals surface area contributed by atoms with Gasteiger partial charge in [-0.15, -0.1) is 0 Å². The van der Waals surface area contributed by atoms with Crippen LogP contribution in [0.3, 0.4) is 0 Å². The van der Waals surface area contributed by atoms with Gasteiger partial charge in [-0.3, -0.25) is 0 Å². The van der Waals surface area contributed by atoms with Crippen molar-refractivity contribution in [3.05, 3.63) is 54.1 Å². The summed E-state index contributed by atoms with van der Waals surface area (Å²) in [5, 5.41) is 3.01. The van der Waals surface area contributed by atoms with Crippen molar-refractivity contribution in [2.75, 3.05) is 19.6 Å². The highest BCUT2D eigenvalue weighted by Crippen LogP contribution is 2.25. The summed E-state index contributed by atoms with van der Waals surface area (Å²) < 4.78 is 2.04. The van der Waals surface area contributed by atoms with Crippen LogP contribution in [0.5, 0.6) is 0 Å². The molecule has 1 aliphatic rings. The van der Waals surface area contributed by atoms with E-state index in [0.29, 0.717) is 12.5 Å². The first-order valence-corrected chi connectivity index (χ1v) is 7.78. The Kier molecular flexibility index (Phi) is 4.42. The van der Waals surface area contributed by atoms with E-state index in [9.17, 15) is 4.79 Å². The van der Waals surface area contributed by atoms with Crippen LogP contribution in [0.15, 0.2) is 42.7 Å². The minimum absolute atomic E-state index is 0.0349. The van der Waals surface area contributed by atoms with Crippen LogP contribution in [-0.4, -0.2) is 40.1 Å². The maximum absolute atomic E-state index is 12.2. The molecule has 3 rings (SSSR count). The van der Waals surface area contributed by atoms with Gasteiger partial charge >= 0.3 is 6.03 Å². The molecule has 2 heterocycles. The monoisotopic (exact) mass is 298 g/mol. The lowest BCUT2D eigenvalue weighted by molar-refractivity contribution is 0.208. The number of hydrogen-bond donors (Lipinski definition) is 1. The van der Waals surface area contributed by atoms with Gasteiger partial charge in [-0.25, -0.2) is 9.78 Å². The predicted octanol–water partition coefficient (Wildman–Crippen LogP) is 2.16. The molecule has 0 spiro atoms. The van der Waals surface area contributed by atoms with Crippen molar-refractivity contribution in [2.24, 2.45) is 7.05 Å². The lowest BCUT2D eigenvalue weighted by Gasteiger charge is -2.17. The van der Waals surface area contributed by atoms with Crippen LogP contribution >= 0.6 is 0 Å². The summed E-state index contributed by atoms with van der Waals surface area (Å²) in [6, 6.07) is 10.2. The molecule has 1 aliphatic heterocycles. The lowest BCUT2D eigenvalue weighted by atomic mass is 10.1. The van der Waals surface area contributed by atoms with E-state index in [1.165, 1.54) is 5.56 Å². The molecule has 0 aliphatic carbocycles. The van der Waals surface area contributed by atoms with Crippen LogP contribution in [0.2, 0.25) is 0 Å². The Hall–Kier alpha value is -2.30.